The van der Waals surface area contributed by atoms with Crippen molar-refractivity contribution in [3.63, 3.8) is 0 Å². The van der Waals surface area contributed by atoms with E-state index in [9.17, 15) is 9.90 Å². The molecule has 0 aliphatic heterocycles. The Balaban J connectivity index is 2.23. The molecule has 6 nitrogen and oxygen atoms in total. The minimum absolute atomic E-state index is 0.279. The molecule has 2 rings (SSSR count). The molecule has 0 fully saturated rings. The Morgan fingerprint density at radius 1 is 1.35 bits per heavy atom. The molecule has 1 aromatic heterocycles. The van der Waals surface area contributed by atoms with Gasteiger partial charge >= 0.3 is 6.09 Å². The highest BCUT2D eigenvalue weighted by Crippen LogP contribution is 2.21. The van der Waals surface area contributed by atoms with Gasteiger partial charge in [0.25, 0.3) is 0 Å². The molecule has 0 saturated heterocycles. The third-order valence-electron chi connectivity index (χ3n) is 3.11. The van der Waals surface area contributed by atoms with Crippen molar-refractivity contribution in [1.29, 1.82) is 0 Å². The number of nitrogens with zero attached hydrogens (tertiary/aromatic N) is 2. The molecular weight excluding hydrogens is 258 g/mol. The topological polar surface area (TPSA) is 87.4 Å². The van der Waals surface area contributed by atoms with Gasteiger partial charge in [-0.2, -0.15) is 5.10 Å². The van der Waals surface area contributed by atoms with Gasteiger partial charge in [0.2, 0.25) is 0 Å². The fourth-order valence-electron chi connectivity index (χ4n) is 2.10. The molecular formula is C14H17N3O3. The average Bonchev–Trinajstić information content (AvgIpc) is 2.93. The van der Waals surface area contributed by atoms with E-state index in [2.05, 4.69) is 10.4 Å². The summed E-state index contributed by atoms with van der Waals surface area (Å²) in [6, 6.07) is 8.71. The van der Waals surface area contributed by atoms with Crippen molar-refractivity contribution in [3.8, 4) is 11.3 Å². The standard InChI is InChI=1S/C14H17N3O3/c1-2-17-13(7-8-15-17)11-5-3-10(4-6-11)12(9-18)16-14(19)20/h3-8,12,16,18H,2,9H2,1H3,(H,19,20). The number of hydrogen-bond acceptors (Lipinski definition) is 3. The van der Waals surface area contributed by atoms with Crippen LogP contribution in [0.4, 0.5) is 4.79 Å². The van der Waals surface area contributed by atoms with E-state index in [-0.39, 0.29) is 6.61 Å². The third-order valence-corrected chi connectivity index (χ3v) is 3.11. The van der Waals surface area contributed by atoms with E-state index in [1.165, 1.54) is 0 Å². The summed E-state index contributed by atoms with van der Waals surface area (Å²) in [5, 5.41) is 24.4. The van der Waals surface area contributed by atoms with Crippen LogP contribution in [-0.2, 0) is 6.54 Å². The summed E-state index contributed by atoms with van der Waals surface area (Å²) in [7, 11) is 0. The molecule has 0 aliphatic rings. The molecule has 0 bridgehead atoms. The molecule has 2 aromatic rings. The van der Waals surface area contributed by atoms with Crippen LogP contribution in [0, 0.1) is 0 Å². The maximum absolute atomic E-state index is 10.6. The van der Waals surface area contributed by atoms with Crippen LogP contribution >= 0.6 is 0 Å². The van der Waals surface area contributed by atoms with Crippen LogP contribution < -0.4 is 5.32 Å². The Kier molecular flexibility index (Phi) is 4.37. The molecule has 1 aromatic carbocycles. The highest BCUT2D eigenvalue weighted by molar-refractivity contribution is 5.65. The number of carbonyl (C=O) groups is 1. The normalized spacial score (nSPS) is 12.1. The first-order valence-corrected chi connectivity index (χ1v) is 6.38. The maximum Gasteiger partial charge on any atom is 0.405 e. The summed E-state index contributed by atoms with van der Waals surface area (Å²) in [5.74, 6) is 0. The van der Waals surface area contributed by atoms with Gasteiger partial charge in [0.1, 0.15) is 0 Å². The second-order valence-corrected chi connectivity index (χ2v) is 4.34. The van der Waals surface area contributed by atoms with Crippen molar-refractivity contribution < 1.29 is 15.0 Å². The van der Waals surface area contributed by atoms with E-state index in [0.29, 0.717) is 0 Å². The molecule has 1 heterocycles. The number of rotatable bonds is 5. The van der Waals surface area contributed by atoms with Gasteiger partial charge in [0, 0.05) is 12.7 Å². The summed E-state index contributed by atoms with van der Waals surface area (Å²) in [6.07, 6.45) is 0.590. The lowest BCUT2D eigenvalue weighted by Gasteiger charge is -2.15. The molecule has 0 radical (unpaired) electrons. The monoisotopic (exact) mass is 275 g/mol. The van der Waals surface area contributed by atoms with Gasteiger partial charge in [-0.3, -0.25) is 4.68 Å². The van der Waals surface area contributed by atoms with Gasteiger partial charge in [-0.1, -0.05) is 24.3 Å². The van der Waals surface area contributed by atoms with Crippen molar-refractivity contribution in [2.45, 2.75) is 19.5 Å². The zero-order valence-corrected chi connectivity index (χ0v) is 11.2. The second kappa shape index (κ2) is 6.21. The Morgan fingerprint density at radius 2 is 2.05 bits per heavy atom. The van der Waals surface area contributed by atoms with Gasteiger partial charge < -0.3 is 15.5 Å². The van der Waals surface area contributed by atoms with Crippen molar-refractivity contribution in [3.05, 3.63) is 42.1 Å². The van der Waals surface area contributed by atoms with Gasteiger partial charge in [-0.15, -0.1) is 0 Å². The fourth-order valence-corrected chi connectivity index (χ4v) is 2.10. The smallest absolute Gasteiger partial charge is 0.405 e. The van der Waals surface area contributed by atoms with Crippen molar-refractivity contribution in [2.24, 2.45) is 0 Å². The number of aryl methyl sites for hydroxylation is 1. The predicted octanol–water partition coefficient (Wildman–Crippen LogP) is 1.87. The van der Waals surface area contributed by atoms with Crippen molar-refractivity contribution in [2.75, 3.05) is 6.61 Å². The summed E-state index contributed by atoms with van der Waals surface area (Å²) >= 11 is 0. The summed E-state index contributed by atoms with van der Waals surface area (Å²) in [4.78, 5) is 10.6. The number of aromatic nitrogens is 2. The van der Waals surface area contributed by atoms with Crippen molar-refractivity contribution >= 4 is 6.09 Å². The van der Waals surface area contributed by atoms with E-state index < -0.39 is 12.1 Å². The minimum Gasteiger partial charge on any atom is -0.465 e. The maximum atomic E-state index is 10.6. The SMILES string of the molecule is CCn1nccc1-c1ccc(C(CO)NC(=O)O)cc1. The number of aliphatic hydroxyl groups is 1. The Labute approximate surface area is 116 Å². The minimum atomic E-state index is -1.16. The highest BCUT2D eigenvalue weighted by Gasteiger charge is 2.13. The van der Waals surface area contributed by atoms with Crippen LogP contribution in [0.25, 0.3) is 11.3 Å². The molecule has 6 heteroatoms. The Morgan fingerprint density at radius 3 is 2.60 bits per heavy atom. The Bertz CT molecular complexity index is 578. The molecule has 0 saturated carbocycles. The fraction of sp³-hybridized carbons (Fsp3) is 0.286. The zero-order chi connectivity index (χ0) is 14.5. The van der Waals surface area contributed by atoms with Gasteiger partial charge in [-0.25, -0.2) is 4.79 Å². The largest absolute Gasteiger partial charge is 0.465 e. The lowest BCUT2D eigenvalue weighted by molar-refractivity contribution is 0.177. The summed E-state index contributed by atoms with van der Waals surface area (Å²) in [5.41, 5.74) is 2.73. The number of carboxylic acid groups (broad SMARTS) is 1. The molecule has 1 amide bonds. The quantitative estimate of drug-likeness (QED) is 0.777. The first kappa shape index (κ1) is 14.1. The Hall–Kier alpha value is -2.34. The van der Waals surface area contributed by atoms with Crippen LogP contribution in [-0.4, -0.2) is 32.7 Å². The summed E-state index contributed by atoms with van der Waals surface area (Å²) in [6.45, 7) is 2.52. The van der Waals surface area contributed by atoms with Crippen LogP contribution in [0.15, 0.2) is 36.5 Å². The second-order valence-electron chi connectivity index (χ2n) is 4.34. The van der Waals surface area contributed by atoms with E-state index >= 15 is 0 Å². The van der Waals surface area contributed by atoms with Gasteiger partial charge in [0.05, 0.1) is 18.3 Å². The molecule has 1 atom stereocenters. The van der Waals surface area contributed by atoms with Crippen LogP contribution in [0.2, 0.25) is 0 Å². The van der Waals surface area contributed by atoms with Crippen molar-refractivity contribution in [1.82, 2.24) is 15.1 Å². The number of amides is 1. The number of benzene rings is 1. The van der Waals surface area contributed by atoms with Crippen LogP contribution in [0.3, 0.4) is 0 Å². The third kappa shape index (κ3) is 2.97. The predicted molar refractivity (Wildman–Crippen MR) is 74.3 cm³/mol. The summed E-state index contributed by atoms with van der Waals surface area (Å²) < 4.78 is 1.88. The van der Waals surface area contributed by atoms with Crippen LogP contribution in [0.1, 0.15) is 18.5 Å². The highest BCUT2D eigenvalue weighted by atomic mass is 16.4. The average molecular weight is 275 g/mol. The molecule has 3 N–H and O–H groups in total. The number of aliphatic hydroxyl groups excluding tert-OH is 1. The van der Waals surface area contributed by atoms with Gasteiger partial charge in [-0.05, 0) is 24.1 Å². The number of hydrogen-bond donors (Lipinski definition) is 3. The lowest BCUT2D eigenvalue weighted by atomic mass is 10.0. The number of nitrogens with one attached hydrogen (secondary N) is 1. The molecule has 0 aliphatic carbocycles. The lowest BCUT2D eigenvalue weighted by Crippen LogP contribution is -2.29. The van der Waals surface area contributed by atoms with E-state index in [0.717, 1.165) is 23.4 Å². The molecule has 106 valence electrons. The van der Waals surface area contributed by atoms with Gasteiger partial charge in [0.15, 0.2) is 0 Å². The zero-order valence-electron chi connectivity index (χ0n) is 11.2. The van der Waals surface area contributed by atoms with E-state index in [1.54, 1.807) is 18.3 Å². The molecule has 0 spiro atoms. The van der Waals surface area contributed by atoms with Crippen LogP contribution in [0.5, 0.6) is 0 Å². The first-order chi connectivity index (χ1) is 9.65. The molecule has 1 unspecified atom stereocenters. The first-order valence-electron chi connectivity index (χ1n) is 6.38. The molecule has 20 heavy (non-hydrogen) atoms. The van der Waals surface area contributed by atoms with E-state index in [1.807, 2.05) is 29.8 Å². The van der Waals surface area contributed by atoms with E-state index in [4.69, 9.17) is 5.11 Å².